The van der Waals surface area contributed by atoms with Gasteiger partial charge in [0, 0.05) is 49.7 Å². The maximum Gasteiger partial charge on any atom is 0.224 e. The van der Waals surface area contributed by atoms with E-state index in [1.807, 2.05) is 35.4 Å². The minimum Gasteiger partial charge on any atom is -0.347 e. The summed E-state index contributed by atoms with van der Waals surface area (Å²) in [6, 6.07) is 14.8. The van der Waals surface area contributed by atoms with E-state index in [0.717, 1.165) is 24.9 Å². The lowest BCUT2D eigenvalue weighted by Crippen LogP contribution is -2.33. The van der Waals surface area contributed by atoms with Crippen molar-refractivity contribution in [3.05, 3.63) is 66.6 Å². The zero-order chi connectivity index (χ0) is 16.4. The van der Waals surface area contributed by atoms with Crippen LogP contribution in [-0.2, 0) is 17.9 Å². The van der Waals surface area contributed by atoms with Gasteiger partial charge in [-0.3, -0.25) is 9.78 Å². The lowest BCUT2D eigenvalue weighted by atomic mass is 10.2. The van der Waals surface area contributed by atoms with Gasteiger partial charge in [-0.25, -0.2) is 0 Å². The van der Waals surface area contributed by atoms with E-state index in [1.54, 1.807) is 6.20 Å². The number of carbonyl (C=O) groups excluding carboxylic acids is 1. The van der Waals surface area contributed by atoms with Crippen molar-refractivity contribution in [2.45, 2.75) is 38.4 Å². The fourth-order valence-corrected chi connectivity index (χ4v) is 3.19. The first-order valence-electron chi connectivity index (χ1n) is 8.53. The molecule has 1 amide bonds. The van der Waals surface area contributed by atoms with Crippen LogP contribution >= 0.6 is 0 Å². The maximum atomic E-state index is 12.8. The summed E-state index contributed by atoms with van der Waals surface area (Å²) in [5.74, 6) is 0.235. The van der Waals surface area contributed by atoms with Crippen molar-refractivity contribution in [2.75, 3.05) is 0 Å². The summed E-state index contributed by atoms with van der Waals surface area (Å²) in [6.45, 7) is 1.40. The second-order valence-corrected chi connectivity index (χ2v) is 6.43. The molecule has 1 fully saturated rings. The second kappa shape index (κ2) is 6.48. The lowest BCUT2D eigenvalue weighted by molar-refractivity contribution is -0.132. The van der Waals surface area contributed by atoms with Crippen LogP contribution in [0.5, 0.6) is 0 Å². The fraction of sp³-hybridized carbons (Fsp3) is 0.300. The summed E-state index contributed by atoms with van der Waals surface area (Å²) in [5, 5.41) is 1.22. The number of hydrogen-bond acceptors (Lipinski definition) is 2. The maximum absolute atomic E-state index is 12.8. The van der Waals surface area contributed by atoms with E-state index in [4.69, 9.17) is 0 Å². The van der Waals surface area contributed by atoms with Gasteiger partial charge >= 0.3 is 0 Å². The Bertz CT molecular complexity index is 836. The number of para-hydroxylation sites is 1. The molecule has 0 spiro atoms. The summed E-state index contributed by atoms with van der Waals surface area (Å²) in [5.41, 5.74) is 2.29. The van der Waals surface area contributed by atoms with Gasteiger partial charge in [-0.15, -0.1) is 0 Å². The molecule has 4 rings (SSSR count). The fourth-order valence-electron chi connectivity index (χ4n) is 3.19. The summed E-state index contributed by atoms with van der Waals surface area (Å²) in [6.07, 6.45) is 8.47. The number of benzene rings is 1. The molecule has 1 aliphatic rings. The molecule has 0 aliphatic heterocycles. The Hall–Kier alpha value is -2.62. The van der Waals surface area contributed by atoms with E-state index in [2.05, 4.69) is 33.9 Å². The van der Waals surface area contributed by atoms with Crippen molar-refractivity contribution < 1.29 is 4.79 Å². The second-order valence-electron chi connectivity index (χ2n) is 6.43. The Morgan fingerprint density at radius 3 is 2.83 bits per heavy atom. The highest BCUT2D eigenvalue weighted by atomic mass is 16.2. The number of amides is 1. The van der Waals surface area contributed by atoms with Crippen LogP contribution in [0.1, 0.15) is 24.8 Å². The summed E-state index contributed by atoms with van der Waals surface area (Å²) in [7, 11) is 0. The predicted molar refractivity (Wildman–Crippen MR) is 94.4 cm³/mol. The normalized spacial score (nSPS) is 14.0. The van der Waals surface area contributed by atoms with E-state index >= 15 is 0 Å². The molecule has 122 valence electrons. The van der Waals surface area contributed by atoms with Crippen molar-refractivity contribution in [3.63, 3.8) is 0 Å². The smallest absolute Gasteiger partial charge is 0.224 e. The highest BCUT2D eigenvalue weighted by Gasteiger charge is 2.32. The van der Waals surface area contributed by atoms with Gasteiger partial charge in [0.1, 0.15) is 0 Å². The molecule has 0 unspecified atom stereocenters. The molecule has 2 heterocycles. The van der Waals surface area contributed by atoms with Crippen molar-refractivity contribution in [2.24, 2.45) is 0 Å². The highest BCUT2D eigenvalue weighted by molar-refractivity contribution is 5.80. The number of hydrogen-bond donors (Lipinski definition) is 0. The van der Waals surface area contributed by atoms with Crippen molar-refractivity contribution in [3.8, 4) is 0 Å². The minimum atomic E-state index is 0.235. The molecule has 2 aromatic heterocycles. The van der Waals surface area contributed by atoms with Crippen molar-refractivity contribution in [1.29, 1.82) is 0 Å². The van der Waals surface area contributed by atoms with Crippen molar-refractivity contribution in [1.82, 2.24) is 14.5 Å². The first kappa shape index (κ1) is 14.9. The average Bonchev–Trinajstić information content (AvgIpc) is 3.38. The largest absolute Gasteiger partial charge is 0.347 e. The summed E-state index contributed by atoms with van der Waals surface area (Å²) in [4.78, 5) is 18.9. The van der Waals surface area contributed by atoms with Crippen LogP contribution in [0.3, 0.4) is 0 Å². The third kappa shape index (κ3) is 3.18. The Morgan fingerprint density at radius 2 is 2.04 bits per heavy atom. The monoisotopic (exact) mass is 319 g/mol. The third-order valence-electron chi connectivity index (χ3n) is 4.63. The molecule has 0 atom stereocenters. The molecule has 1 aromatic carbocycles. The molecule has 4 nitrogen and oxygen atoms in total. The van der Waals surface area contributed by atoms with E-state index in [0.29, 0.717) is 19.0 Å². The van der Waals surface area contributed by atoms with E-state index in [-0.39, 0.29) is 5.91 Å². The molecule has 0 radical (unpaired) electrons. The van der Waals surface area contributed by atoms with Crippen LogP contribution in [0.25, 0.3) is 10.9 Å². The Balaban J connectivity index is 1.44. The van der Waals surface area contributed by atoms with Crippen molar-refractivity contribution >= 4 is 16.8 Å². The standard InChI is InChI=1S/C20H21N3O/c24-20(10-13-22-12-9-17-5-1-2-6-19(17)22)23(18-7-8-18)15-16-4-3-11-21-14-16/h1-6,9,11-12,14,18H,7-8,10,13,15H2. The highest BCUT2D eigenvalue weighted by Crippen LogP contribution is 2.29. The minimum absolute atomic E-state index is 0.235. The Kier molecular flexibility index (Phi) is 4.03. The first-order chi connectivity index (χ1) is 11.8. The molecule has 0 bridgehead atoms. The number of rotatable bonds is 6. The number of aromatic nitrogens is 2. The quantitative estimate of drug-likeness (QED) is 0.696. The van der Waals surface area contributed by atoms with E-state index in [1.165, 1.54) is 10.9 Å². The van der Waals surface area contributed by atoms with Gasteiger partial charge < -0.3 is 9.47 Å². The molecule has 1 saturated carbocycles. The van der Waals surface area contributed by atoms with Gasteiger partial charge in [0.25, 0.3) is 0 Å². The van der Waals surface area contributed by atoms with Gasteiger partial charge in [0.05, 0.1) is 0 Å². The first-order valence-corrected chi connectivity index (χ1v) is 8.53. The van der Waals surface area contributed by atoms with Gasteiger partial charge in [-0.1, -0.05) is 24.3 Å². The predicted octanol–water partition coefficient (Wildman–Crippen LogP) is 3.62. The van der Waals surface area contributed by atoms with Gasteiger partial charge in [-0.2, -0.15) is 0 Å². The zero-order valence-corrected chi connectivity index (χ0v) is 13.6. The SMILES string of the molecule is O=C(CCn1ccc2ccccc21)N(Cc1cccnc1)C1CC1. The van der Waals surface area contributed by atoms with Gasteiger partial charge in [-0.05, 0) is 42.0 Å². The lowest BCUT2D eigenvalue weighted by Gasteiger charge is -2.22. The van der Waals surface area contributed by atoms with Gasteiger partial charge in [0.2, 0.25) is 5.91 Å². The summed E-state index contributed by atoms with van der Waals surface area (Å²) >= 11 is 0. The van der Waals surface area contributed by atoms with Crippen LogP contribution in [0.2, 0.25) is 0 Å². The molecule has 0 saturated heterocycles. The zero-order valence-electron chi connectivity index (χ0n) is 13.6. The number of fused-ring (bicyclic) bond motifs is 1. The molecule has 24 heavy (non-hydrogen) atoms. The van der Waals surface area contributed by atoms with E-state index in [9.17, 15) is 4.79 Å². The average molecular weight is 319 g/mol. The molecule has 3 aromatic rings. The molecular weight excluding hydrogens is 298 g/mol. The van der Waals surface area contributed by atoms with Crippen LogP contribution < -0.4 is 0 Å². The number of aryl methyl sites for hydroxylation is 1. The van der Waals surface area contributed by atoms with Crippen LogP contribution in [0.15, 0.2) is 61.1 Å². The van der Waals surface area contributed by atoms with Crippen LogP contribution in [0.4, 0.5) is 0 Å². The Labute approximate surface area is 141 Å². The Morgan fingerprint density at radius 1 is 1.17 bits per heavy atom. The molecule has 0 N–H and O–H groups in total. The number of pyridine rings is 1. The molecule has 1 aliphatic carbocycles. The third-order valence-corrected chi connectivity index (χ3v) is 4.63. The van der Waals surface area contributed by atoms with Crippen LogP contribution in [-0.4, -0.2) is 26.4 Å². The molecule has 4 heteroatoms. The van der Waals surface area contributed by atoms with Crippen LogP contribution in [0, 0.1) is 0 Å². The number of nitrogens with zero attached hydrogens (tertiary/aromatic N) is 3. The summed E-state index contributed by atoms with van der Waals surface area (Å²) < 4.78 is 2.17. The van der Waals surface area contributed by atoms with Gasteiger partial charge in [0.15, 0.2) is 0 Å². The number of carbonyl (C=O) groups is 1. The topological polar surface area (TPSA) is 38.1 Å². The molecular formula is C20H21N3O. The van der Waals surface area contributed by atoms with E-state index < -0.39 is 0 Å².